The quantitative estimate of drug-likeness (QED) is 0.572. The van der Waals surface area contributed by atoms with E-state index >= 15 is 0 Å². The van der Waals surface area contributed by atoms with E-state index in [9.17, 15) is 9.59 Å². The molecule has 0 spiro atoms. The first-order valence-corrected chi connectivity index (χ1v) is 3.70. The Morgan fingerprint density at radius 3 is 2.36 bits per heavy atom. The molecule has 1 atom stereocenters. The Kier molecular flexibility index (Phi) is 4.61. The van der Waals surface area contributed by atoms with Gasteiger partial charge >= 0.3 is 0 Å². The molecule has 2 N–H and O–H groups in total. The summed E-state index contributed by atoms with van der Waals surface area (Å²) in [7, 11) is 1.49. The molecule has 0 radical (unpaired) electrons. The normalized spacial score (nSPS) is 11.9. The first-order valence-electron chi connectivity index (χ1n) is 3.16. The standard InChI is InChI=1S/C6H11ClN2O2/c1-4(10)9-5(3-7)6(11)8-2/h5H,3H2,1-2H3,(H,8,11)(H,9,10). The number of likely N-dealkylation sites (N-methyl/N-ethyl adjacent to an activating group) is 1. The summed E-state index contributed by atoms with van der Waals surface area (Å²) in [4.78, 5) is 21.4. The fourth-order valence-electron chi connectivity index (χ4n) is 0.594. The Morgan fingerprint density at radius 2 is 2.09 bits per heavy atom. The highest BCUT2D eigenvalue weighted by Crippen LogP contribution is 1.87. The van der Waals surface area contributed by atoms with Crippen LogP contribution in [0.5, 0.6) is 0 Å². The van der Waals surface area contributed by atoms with E-state index in [2.05, 4.69) is 10.6 Å². The zero-order valence-electron chi connectivity index (χ0n) is 6.48. The topological polar surface area (TPSA) is 58.2 Å². The van der Waals surface area contributed by atoms with Crippen LogP contribution in [0.4, 0.5) is 0 Å². The van der Waals surface area contributed by atoms with Gasteiger partial charge in [-0.1, -0.05) is 0 Å². The Morgan fingerprint density at radius 1 is 1.55 bits per heavy atom. The van der Waals surface area contributed by atoms with Gasteiger partial charge in [0.25, 0.3) is 0 Å². The molecule has 0 aromatic carbocycles. The number of nitrogens with one attached hydrogen (secondary N) is 2. The predicted octanol–water partition coefficient (Wildman–Crippen LogP) is -0.524. The van der Waals surface area contributed by atoms with Gasteiger partial charge < -0.3 is 10.6 Å². The summed E-state index contributed by atoms with van der Waals surface area (Å²) >= 11 is 5.41. The lowest BCUT2D eigenvalue weighted by atomic mass is 10.3. The molecule has 0 aliphatic rings. The van der Waals surface area contributed by atoms with Crippen molar-refractivity contribution in [1.29, 1.82) is 0 Å². The van der Waals surface area contributed by atoms with Crippen LogP contribution in [-0.4, -0.2) is 30.8 Å². The van der Waals surface area contributed by atoms with E-state index in [0.717, 1.165) is 0 Å². The maximum absolute atomic E-state index is 10.9. The van der Waals surface area contributed by atoms with Crippen molar-refractivity contribution in [3.63, 3.8) is 0 Å². The smallest absolute Gasteiger partial charge is 0.243 e. The van der Waals surface area contributed by atoms with E-state index in [1.807, 2.05) is 0 Å². The van der Waals surface area contributed by atoms with Crippen LogP contribution in [0.25, 0.3) is 0 Å². The molecule has 5 heteroatoms. The zero-order chi connectivity index (χ0) is 8.85. The second-order valence-corrected chi connectivity index (χ2v) is 2.33. The van der Waals surface area contributed by atoms with E-state index in [4.69, 9.17) is 11.6 Å². The van der Waals surface area contributed by atoms with Crippen LogP contribution in [0.3, 0.4) is 0 Å². The minimum absolute atomic E-state index is 0.0826. The monoisotopic (exact) mass is 178 g/mol. The summed E-state index contributed by atoms with van der Waals surface area (Å²) in [5, 5.41) is 4.78. The van der Waals surface area contributed by atoms with Crippen LogP contribution >= 0.6 is 11.6 Å². The highest BCUT2D eigenvalue weighted by Gasteiger charge is 2.15. The number of amides is 2. The van der Waals surface area contributed by atoms with Gasteiger partial charge in [-0.3, -0.25) is 9.59 Å². The average Bonchev–Trinajstić information content (AvgIpc) is 1.98. The summed E-state index contributed by atoms with van der Waals surface area (Å²) in [5.74, 6) is -0.464. The van der Waals surface area contributed by atoms with Crippen molar-refractivity contribution >= 4 is 23.4 Å². The molecule has 0 aliphatic heterocycles. The van der Waals surface area contributed by atoms with Crippen LogP contribution in [0.1, 0.15) is 6.92 Å². The van der Waals surface area contributed by atoms with E-state index in [0.29, 0.717) is 0 Å². The molecule has 1 unspecified atom stereocenters. The molecule has 0 saturated heterocycles. The molecule has 0 rings (SSSR count). The molecule has 2 amide bonds. The molecular weight excluding hydrogens is 168 g/mol. The Balaban J connectivity index is 3.94. The largest absolute Gasteiger partial charge is 0.357 e. The zero-order valence-corrected chi connectivity index (χ0v) is 7.23. The second kappa shape index (κ2) is 4.96. The van der Waals surface area contributed by atoms with Crippen molar-refractivity contribution in [3.8, 4) is 0 Å². The Labute approximate surface area is 70.3 Å². The molecule has 0 saturated carbocycles. The van der Waals surface area contributed by atoms with Gasteiger partial charge in [-0.25, -0.2) is 0 Å². The van der Waals surface area contributed by atoms with Gasteiger partial charge in [-0.2, -0.15) is 0 Å². The van der Waals surface area contributed by atoms with Crippen molar-refractivity contribution < 1.29 is 9.59 Å². The molecule has 4 nitrogen and oxygen atoms in total. The Bertz CT molecular complexity index is 161. The third kappa shape index (κ3) is 3.83. The molecule has 0 aromatic rings. The third-order valence-electron chi connectivity index (χ3n) is 1.09. The predicted molar refractivity (Wildman–Crippen MR) is 42.4 cm³/mol. The fourth-order valence-corrected chi connectivity index (χ4v) is 0.811. The third-order valence-corrected chi connectivity index (χ3v) is 1.40. The second-order valence-electron chi connectivity index (χ2n) is 2.02. The lowest BCUT2D eigenvalue weighted by Gasteiger charge is -2.11. The van der Waals surface area contributed by atoms with Crippen molar-refractivity contribution in [1.82, 2.24) is 10.6 Å². The van der Waals surface area contributed by atoms with E-state index in [1.165, 1.54) is 14.0 Å². The maximum Gasteiger partial charge on any atom is 0.243 e. The maximum atomic E-state index is 10.9. The first-order chi connectivity index (χ1) is 5.11. The van der Waals surface area contributed by atoms with Crippen molar-refractivity contribution in [2.45, 2.75) is 13.0 Å². The first kappa shape index (κ1) is 10.2. The van der Waals surface area contributed by atoms with E-state index < -0.39 is 6.04 Å². The molecule has 0 bridgehead atoms. The number of carbonyl (C=O) groups excluding carboxylic acids is 2. The molecule has 0 aliphatic carbocycles. The summed E-state index contributed by atoms with van der Waals surface area (Å²) in [6.07, 6.45) is 0. The van der Waals surface area contributed by atoms with Gasteiger partial charge in [0, 0.05) is 14.0 Å². The van der Waals surface area contributed by atoms with Crippen LogP contribution in [0.15, 0.2) is 0 Å². The number of hydrogen-bond donors (Lipinski definition) is 2. The minimum Gasteiger partial charge on any atom is -0.357 e. The molecular formula is C6H11ClN2O2. The van der Waals surface area contributed by atoms with E-state index in [-0.39, 0.29) is 17.7 Å². The van der Waals surface area contributed by atoms with Gasteiger partial charge in [-0.15, -0.1) is 11.6 Å². The summed E-state index contributed by atoms with van der Waals surface area (Å²) in [6.45, 7) is 1.34. The summed E-state index contributed by atoms with van der Waals surface area (Å²) in [6, 6.07) is -0.626. The van der Waals surface area contributed by atoms with Crippen molar-refractivity contribution in [2.75, 3.05) is 12.9 Å². The number of alkyl halides is 1. The lowest BCUT2D eigenvalue weighted by molar-refractivity contribution is -0.127. The summed E-state index contributed by atoms with van der Waals surface area (Å²) < 4.78 is 0. The van der Waals surface area contributed by atoms with E-state index in [1.54, 1.807) is 0 Å². The van der Waals surface area contributed by atoms with Crippen LogP contribution < -0.4 is 10.6 Å². The molecule has 0 aromatic heterocycles. The van der Waals surface area contributed by atoms with Crippen LogP contribution in [0.2, 0.25) is 0 Å². The Hall–Kier alpha value is -0.770. The van der Waals surface area contributed by atoms with Crippen LogP contribution in [-0.2, 0) is 9.59 Å². The van der Waals surface area contributed by atoms with Gasteiger partial charge in [0.05, 0.1) is 5.88 Å². The number of carbonyl (C=O) groups is 2. The van der Waals surface area contributed by atoms with Gasteiger partial charge in [0.15, 0.2) is 0 Å². The van der Waals surface area contributed by atoms with Gasteiger partial charge in [-0.05, 0) is 0 Å². The molecule has 11 heavy (non-hydrogen) atoms. The number of rotatable bonds is 3. The van der Waals surface area contributed by atoms with Gasteiger partial charge in [0.2, 0.25) is 11.8 Å². The SMILES string of the molecule is CNC(=O)C(CCl)NC(C)=O. The highest BCUT2D eigenvalue weighted by molar-refractivity contribution is 6.20. The fraction of sp³-hybridized carbons (Fsp3) is 0.667. The molecule has 0 fully saturated rings. The number of hydrogen-bond acceptors (Lipinski definition) is 2. The minimum atomic E-state index is -0.626. The number of halogens is 1. The highest BCUT2D eigenvalue weighted by atomic mass is 35.5. The summed E-state index contributed by atoms with van der Waals surface area (Å²) in [5.41, 5.74) is 0. The lowest BCUT2D eigenvalue weighted by Crippen LogP contribution is -2.46. The van der Waals surface area contributed by atoms with Gasteiger partial charge in [0.1, 0.15) is 6.04 Å². The van der Waals surface area contributed by atoms with Crippen LogP contribution in [0, 0.1) is 0 Å². The van der Waals surface area contributed by atoms with Crippen molar-refractivity contribution in [3.05, 3.63) is 0 Å². The average molecular weight is 179 g/mol. The van der Waals surface area contributed by atoms with Crippen molar-refractivity contribution in [2.24, 2.45) is 0 Å². The molecule has 0 heterocycles. The molecule has 64 valence electrons.